The molecule has 0 saturated heterocycles. The summed E-state index contributed by atoms with van der Waals surface area (Å²) in [6.45, 7) is 4.29. The Kier molecular flexibility index (Phi) is 8.21. The number of benzene rings is 3. The van der Waals surface area contributed by atoms with Crippen LogP contribution in [0.3, 0.4) is 0 Å². The Bertz CT molecular complexity index is 1180. The number of nitrogens with zero attached hydrogens (tertiary/aromatic N) is 1. The lowest BCUT2D eigenvalue weighted by Gasteiger charge is -2.11. The van der Waals surface area contributed by atoms with E-state index in [1.165, 1.54) is 6.21 Å². The maximum absolute atomic E-state index is 12.1. The Balaban J connectivity index is 1.56. The molecule has 0 spiro atoms. The fraction of sp³-hybridized carbons (Fsp3) is 0.160. The smallest absolute Gasteiger partial charge is 0.329 e. The average molecular weight is 510 g/mol. The van der Waals surface area contributed by atoms with Crippen molar-refractivity contribution in [3.63, 3.8) is 0 Å². The highest BCUT2D eigenvalue weighted by molar-refractivity contribution is 9.10. The van der Waals surface area contributed by atoms with E-state index in [2.05, 4.69) is 31.8 Å². The number of carbonyl (C=O) groups excluding carboxylic acids is 2. The largest absolute Gasteiger partial charge is 0.493 e. The minimum atomic E-state index is -0.870. The summed E-state index contributed by atoms with van der Waals surface area (Å²) in [5, 5.41) is 6.41. The Morgan fingerprint density at radius 1 is 0.939 bits per heavy atom. The van der Waals surface area contributed by atoms with Gasteiger partial charge >= 0.3 is 11.8 Å². The van der Waals surface area contributed by atoms with E-state index in [9.17, 15) is 9.59 Å². The van der Waals surface area contributed by atoms with Gasteiger partial charge in [0.2, 0.25) is 0 Å². The van der Waals surface area contributed by atoms with Gasteiger partial charge < -0.3 is 14.8 Å². The molecule has 8 heteroatoms. The fourth-order valence-corrected chi connectivity index (χ4v) is 3.11. The van der Waals surface area contributed by atoms with Crippen molar-refractivity contribution < 1.29 is 19.1 Å². The number of methoxy groups -OCH3 is 1. The molecule has 3 rings (SSSR count). The molecular formula is C25H24BrN3O4. The normalized spacial score (nSPS) is 10.7. The molecule has 33 heavy (non-hydrogen) atoms. The zero-order valence-corrected chi connectivity index (χ0v) is 20.1. The number of ether oxygens (including phenoxy) is 2. The number of amides is 2. The first-order valence-electron chi connectivity index (χ1n) is 10.1. The molecule has 0 aliphatic carbocycles. The van der Waals surface area contributed by atoms with E-state index in [0.29, 0.717) is 29.4 Å². The maximum atomic E-state index is 12.1. The predicted octanol–water partition coefficient (Wildman–Crippen LogP) is 4.74. The van der Waals surface area contributed by atoms with E-state index < -0.39 is 11.8 Å². The van der Waals surface area contributed by atoms with Crippen LogP contribution in [-0.2, 0) is 16.2 Å². The molecule has 170 valence electrons. The summed E-state index contributed by atoms with van der Waals surface area (Å²) in [7, 11) is 1.54. The first-order valence-corrected chi connectivity index (χ1v) is 10.9. The zero-order chi connectivity index (χ0) is 23.8. The van der Waals surface area contributed by atoms with Crippen LogP contribution in [0.25, 0.3) is 0 Å². The zero-order valence-electron chi connectivity index (χ0n) is 18.5. The predicted molar refractivity (Wildman–Crippen MR) is 132 cm³/mol. The highest BCUT2D eigenvalue weighted by Gasteiger charge is 2.13. The van der Waals surface area contributed by atoms with Crippen molar-refractivity contribution in [2.45, 2.75) is 20.5 Å². The summed E-state index contributed by atoms with van der Waals surface area (Å²) >= 11 is 3.41. The van der Waals surface area contributed by atoms with Crippen LogP contribution < -0.4 is 20.2 Å². The van der Waals surface area contributed by atoms with Gasteiger partial charge in [-0.05, 0) is 78.6 Å². The Morgan fingerprint density at radius 2 is 1.70 bits per heavy atom. The number of nitrogens with one attached hydrogen (secondary N) is 2. The van der Waals surface area contributed by atoms with Crippen LogP contribution >= 0.6 is 15.9 Å². The van der Waals surface area contributed by atoms with Crippen molar-refractivity contribution >= 4 is 39.6 Å². The minimum Gasteiger partial charge on any atom is -0.493 e. The summed E-state index contributed by atoms with van der Waals surface area (Å²) in [6.07, 6.45) is 1.42. The van der Waals surface area contributed by atoms with Gasteiger partial charge in [0.15, 0.2) is 11.5 Å². The molecule has 0 fully saturated rings. The van der Waals surface area contributed by atoms with E-state index in [1.54, 1.807) is 37.4 Å². The Labute approximate surface area is 200 Å². The Hall–Kier alpha value is -3.65. The van der Waals surface area contributed by atoms with Gasteiger partial charge in [-0.1, -0.05) is 34.1 Å². The first kappa shape index (κ1) is 24.0. The molecule has 7 nitrogen and oxygen atoms in total. The molecule has 0 radical (unpaired) electrons. The van der Waals surface area contributed by atoms with Crippen molar-refractivity contribution in [3.05, 3.63) is 87.4 Å². The van der Waals surface area contributed by atoms with Crippen LogP contribution in [0.5, 0.6) is 11.5 Å². The lowest BCUT2D eigenvalue weighted by Crippen LogP contribution is -2.32. The van der Waals surface area contributed by atoms with Gasteiger partial charge in [0.25, 0.3) is 0 Å². The standard InChI is InChI=1S/C25H24BrN3O4/c1-16-4-10-21(12-17(16)2)28-24(30)25(31)29-27-14-19-7-11-22(23(13-19)32-3)33-15-18-5-8-20(26)9-6-18/h4-14H,15H2,1-3H3,(H,28,30)(H,29,31)/b27-14+. The number of halogens is 1. The first-order chi connectivity index (χ1) is 15.9. The van der Waals surface area contributed by atoms with E-state index in [0.717, 1.165) is 21.2 Å². The molecule has 0 bridgehead atoms. The molecule has 0 aliphatic heterocycles. The fourth-order valence-electron chi connectivity index (χ4n) is 2.85. The van der Waals surface area contributed by atoms with E-state index >= 15 is 0 Å². The molecule has 2 amide bonds. The molecule has 3 aromatic carbocycles. The van der Waals surface area contributed by atoms with Gasteiger partial charge in [0.05, 0.1) is 13.3 Å². The van der Waals surface area contributed by atoms with Gasteiger partial charge in [-0.2, -0.15) is 5.10 Å². The summed E-state index contributed by atoms with van der Waals surface area (Å²) in [6, 6.07) is 18.5. The summed E-state index contributed by atoms with van der Waals surface area (Å²) in [5.41, 5.74) is 6.57. The number of anilines is 1. The molecule has 0 saturated carbocycles. The summed E-state index contributed by atoms with van der Waals surface area (Å²) in [5.74, 6) is -0.570. The molecular weight excluding hydrogens is 486 g/mol. The highest BCUT2D eigenvalue weighted by atomic mass is 79.9. The number of hydrazone groups is 1. The monoisotopic (exact) mass is 509 g/mol. The summed E-state index contributed by atoms with van der Waals surface area (Å²) < 4.78 is 12.2. The molecule has 3 aromatic rings. The SMILES string of the molecule is COc1cc(/C=N/NC(=O)C(=O)Nc2ccc(C)c(C)c2)ccc1OCc1ccc(Br)cc1. The number of hydrogen-bond acceptors (Lipinski definition) is 5. The van der Waals surface area contributed by atoms with Crippen LogP contribution in [0.1, 0.15) is 22.3 Å². The highest BCUT2D eigenvalue weighted by Crippen LogP contribution is 2.28. The maximum Gasteiger partial charge on any atom is 0.329 e. The van der Waals surface area contributed by atoms with Gasteiger partial charge in [-0.15, -0.1) is 0 Å². The van der Waals surface area contributed by atoms with Gasteiger partial charge in [-0.3, -0.25) is 9.59 Å². The van der Waals surface area contributed by atoms with Crippen molar-refractivity contribution in [1.82, 2.24) is 5.43 Å². The number of aryl methyl sites for hydroxylation is 2. The second kappa shape index (κ2) is 11.3. The van der Waals surface area contributed by atoms with Crippen molar-refractivity contribution in [3.8, 4) is 11.5 Å². The molecule has 0 aromatic heterocycles. The lowest BCUT2D eigenvalue weighted by molar-refractivity contribution is -0.136. The number of rotatable bonds is 7. The Morgan fingerprint density at radius 3 is 2.39 bits per heavy atom. The van der Waals surface area contributed by atoms with Crippen LogP contribution in [0, 0.1) is 13.8 Å². The van der Waals surface area contributed by atoms with Crippen molar-refractivity contribution in [1.29, 1.82) is 0 Å². The van der Waals surface area contributed by atoms with E-state index in [4.69, 9.17) is 9.47 Å². The van der Waals surface area contributed by atoms with Crippen LogP contribution in [-0.4, -0.2) is 25.1 Å². The third-order valence-corrected chi connectivity index (χ3v) is 5.37. The quantitative estimate of drug-likeness (QED) is 0.273. The van der Waals surface area contributed by atoms with E-state index in [-0.39, 0.29) is 0 Å². The van der Waals surface area contributed by atoms with Crippen molar-refractivity contribution in [2.75, 3.05) is 12.4 Å². The van der Waals surface area contributed by atoms with Crippen LogP contribution in [0.15, 0.2) is 70.2 Å². The molecule has 0 unspecified atom stereocenters. The second-order valence-electron chi connectivity index (χ2n) is 7.28. The average Bonchev–Trinajstić information content (AvgIpc) is 2.81. The molecule has 0 atom stereocenters. The van der Waals surface area contributed by atoms with Gasteiger partial charge in [0.1, 0.15) is 6.61 Å². The lowest BCUT2D eigenvalue weighted by atomic mass is 10.1. The summed E-state index contributed by atoms with van der Waals surface area (Å²) in [4.78, 5) is 24.1. The van der Waals surface area contributed by atoms with Crippen molar-refractivity contribution in [2.24, 2.45) is 5.10 Å². The topological polar surface area (TPSA) is 89.0 Å². The third kappa shape index (κ3) is 6.92. The van der Waals surface area contributed by atoms with Crippen LogP contribution in [0.4, 0.5) is 5.69 Å². The molecule has 0 heterocycles. The number of hydrogen-bond donors (Lipinski definition) is 2. The van der Waals surface area contributed by atoms with Gasteiger partial charge in [-0.25, -0.2) is 5.43 Å². The second-order valence-corrected chi connectivity index (χ2v) is 8.19. The van der Waals surface area contributed by atoms with Crippen LogP contribution in [0.2, 0.25) is 0 Å². The third-order valence-electron chi connectivity index (χ3n) is 4.85. The molecule has 2 N–H and O–H groups in total. The van der Waals surface area contributed by atoms with E-state index in [1.807, 2.05) is 44.2 Å². The molecule has 0 aliphatic rings. The number of carbonyl (C=O) groups is 2. The minimum absolute atomic E-state index is 0.392. The van der Waals surface area contributed by atoms with Gasteiger partial charge in [0, 0.05) is 10.2 Å².